The Labute approximate surface area is 126 Å². The highest BCUT2D eigenvalue weighted by Gasteiger charge is 2.22. The van der Waals surface area contributed by atoms with Gasteiger partial charge in [0.05, 0.1) is 0 Å². The predicted octanol–water partition coefficient (Wildman–Crippen LogP) is 3.05. The Balaban J connectivity index is 0.00000162. The van der Waals surface area contributed by atoms with Gasteiger partial charge in [0.25, 0.3) is 5.91 Å². The molecular weight excluding hydrogens is 336 g/mol. The van der Waals surface area contributed by atoms with Crippen LogP contribution in [-0.4, -0.2) is 25.0 Å². The SMILES string of the molecule is CC(NC(=O)c1sccc1Br)C1CCCNC1.Cl. The summed E-state index contributed by atoms with van der Waals surface area (Å²) in [7, 11) is 0. The summed E-state index contributed by atoms with van der Waals surface area (Å²) in [5, 5.41) is 8.39. The number of carbonyl (C=O) groups excluding carboxylic acids is 1. The van der Waals surface area contributed by atoms with Crippen LogP contribution in [0.5, 0.6) is 0 Å². The van der Waals surface area contributed by atoms with Crippen LogP contribution in [0.25, 0.3) is 0 Å². The zero-order chi connectivity index (χ0) is 12.3. The number of hydrogen-bond acceptors (Lipinski definition) is 3. The van der Waals surface area contributed by atoms with Gasteiger partial charge >= 0.3 is 0 Å². The van der Waals surface area contributed by atoms with Crippen LogP contribution in [0.1, 0.15) is 29.4 Å². The summed E-state index contributed by atoms with van der Waals surface area (Å²) < 4.78 is 0.883. The van der Waals surface area contributed by atoms with Crippen LogP contribution in [0.4, 0.5) is 0 Å². The first kappa shape index (κ1) is 16.0. The summed E-state index contributed by atoms with van der Waals surface area (Å²) in [4.78, 5) is 12.8. The Kier molecular flexibility index (Phi) is 6.63. The fourth-order valence-corrected chi connectivity index (χ4v) is 3.61. The van der Waals surface area contributed by atoms with E-state index in [1.165, 1.54) is 24.2 Å². The van der Waals surface area contributed by atoms with Gasteiger partial charge in [0, 0.05) is 10.5 Å². The molecule has 0 radical (unpaired) electrons. The molecule has 102 valence electrons. The third-order valence-corrected chi connectivity index (χ3v) is 5.06. The summed E-state index contributed by atoms with van der Waals surface area (Å²) in [5.41, 5.74) is 0. The summed E-state index contributed by atoms with van der Waals surface area (Å²) >= 11 is 4.86. The highest BCUT2D eigenvalue weighted by atomic mass is 79.9. The fraction of sp³-hybridized carbons (Fsp3) is 0.583. The van der Waals surface area contributed by atoms with E-state index in [1.807, 2.05) is 11.4 Å². The molecule has 1 aliphatic rings. The normalized spacial score (nSPS) is 20.9. The van der Waals surface area contributed by atoms with E-state index in [0.717, 1.165) is 22.4 Å². The third kappa shape index (κ3) is 3.95. The van der Waals surface area contributed by atoms with E-state index in [4.69, 9.17) is 0 Å². The maximum atomic E-state index is 12.0. The average Bonchev–Trinajstić information content (AvgIpc) is 2.76. The van der Waals surface area contributed by atoms with E-state index in [0.29, 0.717) is 5.92 Å². The first-order chi connectivity index (χ1) is 8.18. The molecule has 2 heterocycles. The van der Waals surface area contributed by atoms with Crippen LogP contribution in [-0.2, 0) is 0 Å². The minimum absolute atomic E-state index is 0. The largest absolute Gasteiger partial charge is 0.349 e. The number of halogens is 2. The molecule has 2 unspecified atom stereocenters. The van der Waals surface area contributed by atoms with Crippen molar-refractivity contribution >= 4 is 45.6 Å². The van der Waals surface area contributed by atoms with Gasteiger partial charge in [-0.05, 0) is 66.1 Å². The minimum Gasteiger partial charge on any atom is -0.349 e. The molecule has 1 saturated heterocycles. The first-order valence-electron chi connectivity index (χ1n) is 5.93. The van der Waals surface area contributed by atoms with Gasteiger partial charge in [-0.2, -0.15) is 0 Å². The molecule has 1 aliphatic heterocycles. The molecule has 0 saturated carbocycles. The number of hydrogen-bond donors (Lipinski definition) is 2. The quantitative estimate of drug-likeness (QED) is 0.877. The van der Waals surface area contributed by atoms with Gasteiger partial charge < -0.3 is 10.6 Å². The van der Waals surface area contributed by atoms with Crippen LogP contribution < -0.4 is 10.6 Å². The van der Waals surface area contributed by atoms with E-state index in [-0.39, 0.29) is 24.4 Å². The van der Waals surface area contributed by atoms with Crippen molar-refractivity contribution in [3.8, 4) is 0 Å². The van der Waals surface area contributed by atoms with Gasteiger partial charge in [-0.1, -0.05) is 0 Å². The van der Waals surface area contributed by atoms with Crippen LogP contribution in [0.2, 0.25) is 0 Å². The van der Waals surface area contributed by atoms with Crippen molar-refractivity contribution in [1.29, 1.82) is 0 Å². The lowest BCUT2D eigenvalue weighted by Gasteiger charge is -2.28. The van der Waals surface area contributed by atoms with Gasteiger partial charge in [0.2, 0.25) is 0 Å². The Bertz CT molecular complexity index is 393. The second kappa shape index (κ2) is 7.48. The molecule has 2 atom stereocenters. The Morgan fingerprint density at radius 2 is 2.44 bits per heavy atom. The van der Waals surface area contributed by atoms with E-state index < -0.39 is 0 Å². The zero-order valence-corrected chi connectivity index (χ0v) is 13.5. The highest BCUT2D eigenvalue weighted by molar-refractivity contribution is 9.10. The van der Waals surface area contributed by atoms with Crippen molar-refractivity contribution in [2.24, 2.45) is 5.92 Å². The number of amides is 1. The summed E-state index contributed by atoms with van der Waals surface area (Å²) in [6.07, 6.45) is 2.40. The molecule has 0 bridgehead atoms. The first-order valence-corrected chi connectivity index (χ1v) is 7.60. The number of carbonyl (C=O) groups is 1. The fourth-order valence-electron chi connectivity index (χ4n) is 2.15. The van der Waals surface area contributed by atoms with E-state index in [2.05, 4.69) is 33.5 Å². The predicted molar refractivity (Wildman–Crippen MR) is 81.8 cm³/mol. The Morgan fingerprint density at radius 1 is 1.67 bits per heavy atom. The van der Waals surface area contributed by atoms with Crippen LogP contribution in [0, 0.1) is 5.92 Å². The van der Waals surface area contributed by atoms with E-state index in [9.17, 15) is 4.79 Å². The van der Waals surface area contributed by atoms with Crippen LogP contribution in [0.3, 0.4) is 0 Å². The molecule has 2 rings (SSSR count). The van der Waals surface area contributed by atoms with Crippen LogP contribution >= 0.6 is 39.7 Å². The molecule has 0 spiro atoms. The Morgan fingerprint density at radius 3 is 3.00 bits per heavy atom. The highest BCUT2D eigenvalue weighted by Crippen LogP contribution is 2.23. The zero-order valence-electron chi connectivity index (χ0n) is 10.2. The van der Waals surface area contributed by atoms with Gasteiger partial charge in [0.1, 0.15) is 4.88 Å². The second-order valence-corrected chi connectivity index (χ2v) is 6.24. The number of thiophene rings is 1. The smallest absolute Gasteiger partial charge is 0.262 e. The van der Waals surface area contributed by atoms with Crippen molar-refractivity contribution in [1.82, 2.24) is 10.6 Å². The maximum absolute atomic E-state index is 12.0. The lowest BCUT2D eigenvalue weighted by Crippen LogP contribution is -2.44. The molecular formula is C12H18BrClN2OS. The molecule has 0 aromatic carbocycles. The van der Waals surface area contributed by atoms with Crippen molar-refractivity contribution in [3.05, 3.63) is 20.8 Å². The topological polar surface area (TPSA) is 41.1 Å². The van der Waals surface area contributed by atoms with Crippen molar-refractivity contribution in [2.45, 2.75) is 25.8 Å². The van der Waals surface area contributed by atoms with Gasteiger partial charge in [0.15, 0.2) is 0 Å². The van der Waals surface area contributed by atoms with Gasteiger partial charge in [-0.15, -0.1) is 23.7 Å². The monoisotopic (exact) mass is 352 g/mol. The molecule has 6 heteroatoms. The number of rotatable bonds is 3. The Hall–Kier alpha value is -0.100. The molecule has 1 fully saturated rings. The molecule has 1 amide bonds. The third-order valence-electron chi connectivity index (χ3n) is 3.22. The lowest BCUT2D eigenvalue weighted by atomic mass is 9.93. The van der Waals surface area contributed by atoms with Crippen LogP contribution in [0.15, 0.2) is 15.9 Å². The molecule has 3 nitrogen and oxygen atoms in total. The number of nitrogens with one attached hydrogen (secondary N) is 2. The molecule has 18 heavy (non-hydrogen) atoms. The average molecular weight is 354 g/mol. The summed E-state index contributed by atoms with van der Waals surface area (Å²) in [6, 6.07) is 2.14. The van der Waals surface area contributed by atoms with Crippen molar-refractivity contribution in [3.63, 3.8) is 0 Å². The molecule has 1 aromatic heterocycles. The van der Waals surface area contributed by atoms with Crippen molar-refractivity contribution < 1.29 is 4.79 Å². The van der Waals surface area contributed by atoms with Crippen molar-refractivity contribution in [2.75, 3.05) is 13.1 Å². The van der Waals surface area contributed by atoms with Gasteiger partial charge in [-0.25, -0.2) is 0 Å². The van der Waals surface area contributed by atoms with Gasteiger partial charge in [-0.3, -0.25) is 4.79 Å². The lowest BCUT2D eigenvalue weighted by molar-refractivity contribution is 0.0925. The molecule has 2 N–H and O–H groups in total. The minimum atomic E-state index is 0. The molecule has 0 aliphatic carbocycles. The summed E-state index contributed by atoms with van der Waals surface area (Å²) in [5.74, 6) is 0.580. The standard InChI is InChI=1S/C12H17BrN2OS.ClH/c1-8(9-3-2-5-14-7-9)15-12(16)11-10(13)4-6-17-11;/h4,6,8-9,14H,2-3,5,7H2,1H3,(H,15,16);1H. The maximum Gasteiger partial charge on any atom is 0.262 e. The summed E-state index contributed by atoms with van der Waals surface area (Å²) in [6.45, 7) is 4.21. The molecule has 1 aromatic rings. The van der Waals surface area contributed by atoms with E-state index in [1.54, 1.807) is 0 Å². The second-order valence-electron chi connectivity index (χ2n) is 4.47. The van der Waals surface area contributed by atoms with E-state index >= 15 is 0 Å². The number of piperidine rings is 1.